The lowest BCUT2D eigenvalue weighted by Gasteiger charge is -2.15. The van der Waals surface area contributed by atoms with Gasteiger partial charge >= 0.3 is 7.82 Å². The van der Waals surface area contributed by atoms with E-state index in [2.05, 4.69) is 44.9 Å². The molecule has 6 nitrogen and oxygen atoms in total. The van der Waals surface area contributed by atoms with Gasteiger partial charge in [0.15, 0.2) is 0 Å². The zero-order valence-corrected chi connectivity index (χ0v) is 10.8. The summed E-state index contributed by atoms with van der Waals surface area (Å²) in [5, 5.41) is 0. The molecule has 0 fully saturated rings. The van der Waals surface area contributed by atoms with Gasteiger partial charge in [0.1, 0.15) is 0 Å². The molecule has 1 aliphatic heterocycles. The smallest absolute Gasteiger partial charge is 0.362 e. The van der Waals surface area contributed by atoms with Gasteiger partial charge in [0.25, 0.3) is 0 Å². The lowest BCUT2D eigenvalue weighted by Crippen LogP contribution is -2.21. The number of phosphoric ester groups is 1. The summed E-state index contributed by atoms with van der Waals surface area (Å²) in [7, 11) is 0.604. The molecular weight excluding hydrogens is 231 g/mol. The highest BCUT2D eigenvalue weighted by molar-refractivity contribution is 7.47. The second kappa shape index (κ2) is 7.46. The summed E-state index contributed by atoms with van der Waals surface area (Å²) in [6.45, 7) is 5.59. The molecule has 0 saturated carbocycles. The molecule has 1 heterocycles. The van der Waals surface area contributed by atoms with E-state index in [-0.39, 0.29) is 0 Å². The van der Waals surface area contributed by atoms with Gasteiger partial charge in [0.05, 0.1) is 6.67 Å². The molecule has 1 aliphatic rings. The van der Waals surface area contributed by atoms with Crippen LogP contribution in [-0.2, 0) is 13.6 Å². The van der Waals surface area contributed by atoms with Gasteiger partial charge < -0.3 is 14.7 Å². The predicted molar refractivity (Wildman–Crippen MR) is 62.5 cm³/mol. The summed E-state index contributed by atoms with van der Waals surface area (Å²) in [5.74, 6) is 0. The van der Waals surface area contributed by atoms with Gasteiger partial charge in [-0.1, -0.05) is 6.08 Å². The summed E-state index contributed by atoms with van der Waals surface area (Å²) in [4.78, 5) is 12.6. The molecule has 1 rings (SSSR count). The highest BCUT2D eigenvalue weighted by Gasteiger charge is 2.13. The summed E-state index contributed by atoms with van der Waals surface area (Å²) in [5.41, 5.74) is 0. The molecule has 0 bridgehead atoms. The monoisotopic (exact) mass is 250 g/mol. The Morgan fingerprint density at radius 1 is 1.50 bits per heavy atom. The van der Waals surface area contributed by atoms with Crippen LogP contribution in [-0.4, -0.2) is 49.2 Å². The number of hydrogen-bond donors (Lipinski definition) is 1. The highest BCUT2D eigenvalue weighted by atomic mass is 31.2. The fourth-order valence-electron chi connectivity index (χ4n) is 0.948. The summed E-state index contributed by atoms with van der Waals surface area (Å²) < 4.78 is 18.0. The van der Waals surface area contributed by atoms with E-state index in [1.807, 2.05) is 6.08 Å². The van der Waals surface area contributed by atoms with Crippen molar-refractivity contribution in [3.05, 3.63) is 25.1 Å². The Morgan fingerprint density at radius 2 is 2.06 bits per heavy atom. The summed E-state index contributed by atoms with van der Waals surface area (Å²) >= 11 is 0. The van der Waals surface area contributed by atoms with Crippen molar-refractivity contribution in [3.63, 3.8) is 0 Å². The molecule has 1 N–H and O–H groups in total. The zero-order valence-electron chi connectivity index (χ0n) is 9.87. The highest BCUT2D eigenvalue weighted by Crippen LogP contribution is 2.40. The van der Waals surface area contributed by atoms with Crippen LogP contribution >= 0.6 is 7.82 Å². The number of phosphoric acid groups is 1. The van der Waals surface area contributed by atoms with Crippen molar-refractivity contribution in [1.29, 1.82) is 0 Å². The Hall–Kier alpha value is -0.810. The third-order valence-corrected chi connectivity index (χ3v) is 2.68. The Kier molecular flexibility index (Phi) is 7.08. The van der Waals surface area contributed by atoms with Gasteiger partial charge in [-0.05, 0) is 0 Å². The maximum atomic E-state index is 10.1. The number of rotatable bonds is 4. The molecule has 94 valence electrons. The average molecular weight is 250 g/mol. The van der Waals surface area contributed by atoms with Gasteiger partial charge in [-0.3, -0.25) is 9.05 Å². The van der Waals surface area contributed by atoms with Crippen molar-refractivity contribution in [2.75, 3.05) is 34.5 Å². The van der Waals surface area contributed by atoms with Crippen LogP contribution in [0.3, 0.4) is 0 Å². The van der Waals surface area contributed by atoms with Crippen LogP contribution in [0.1, 0.15) is 0 Å². The molecule has 0 aromatic carbocycles. The quantitative estimate of drug-likeness (QED) is 0.598. The normalized spacial score (nSPS) is 14.8. The van der Waals surface area contributed by atoms with E-state index in [0.29, 0.717) is 0 Å². The van der Waals surface area contributed by atoms with Crippen molar-refractivity contribution in [2.45, 2.75) is 0 Å². The van der Waals surface area contributed by atoms with Crippen molar-refractivity contribution in [3.8, 4) is 0 Å². The van der Waals surface area contributed by atoms with Gasteiger partial charge in [0, 0.05) is 40.2 Å². The van der Waals surface area contributed by atoms with E-state index in [1.165, 1.54) is 0 Å². The van der Waals surface area contributed by atoms with Gasteiger partial charge in [-0.25, -0.2) is 4.57 Å². The average Bonchev–Trinajstić information content (AvgIpc) is 2.66. The Balaban J connectivity index is 0.000000293. The molecule has 0 saturated heterocycles. The van der Waals surface area contributed by atoms with E-state index < -0.39 is 7.82 Å². The van der Waals surface area contributed by atoms with Gasteiger partial charge in [-0.15, -0.1) is 6.58 Å². The predicted octanol–water partition coefficient (Wildman–Crippen LogP) is 1.23. The molecule has 0 unspecified atom stereocenters. The van der Waals surface area contributed by atoms with E-state index >= 15 is 0 Å². The van der Waals surface area contributed by atoms with Gasteiger partial charge in [-0.2, -0.15) is 0 Å². The minimum atomic E-state index is -3.65. The third kappa shape index (κ3) is 6.63. The molecule has 0 amide bonds. The van der Waals surface area contributed by atoms with Crippen LogP contribution in [0.25, 0.3) is 0 Å². The second-order valence-electron chi connectivity index (χ2n) is 3.09. The van der Waals surface area contributed by atoms with E-state index in [4.69, 9.17) is 4.89 Å². The number of hydrogen-bond acceptors (Lipinski definition) is 5. The fraction of sp³-hybridized carbons (Fsp3) is 0.556. The van der Waals surface area contributed by atoms with Crippen molar-refractivity contribution in [1.82, 2.24) is 9.80 Å². The molecule has 0 aromatic heterocycles. The Labute approximate surface area is 96.4 Å². The Bertz CT molecular complexity index is 275. The van der Waals surface area contributed by atoms with Crippen LogP contribution in [0.15, 0.2) is 25.1 Å². The molecule has 0 aromatic rings. The molecule has 16 heavy (non-hydrogen) atoms. The van der Waals surface area contributed by atoms with E-state index in [9.17, 15) is 4.57 Å². The Morgan fingerprint density at radius 3 is 2.31 bits per heavy atom. The first-order valence-electron chi connectivity index (χ1n) is 4.63. The minimum Gasteiger partial charge on any atom is -0.362 e. The van der Waals surface area contributed by atoms with Crippen LogP contribution < -0.4 is 0 Å². The second-order valence-corrected chi connectivity index (χ2v) is 4.76. The molecular formula is C9H19N2O4P. The van der Waals surface area contributed by atoms with Crippen molar-refractivity contribution < 1.29 is 18.5 Å². The molecule has 0 radical (unpaired) electrons. The van der Waals surface area contributed by atoms with Crippen molar-refractivity contribution >= 4 is 7.82 Å². The van der Waals surface area contributed by atoms with E-state index in [1.54, 1.807) is 0 Å². The lowest BCUT2D eigenvalue weighted by molar-refractivity contribution is 0.204. The third-order valence-electron chi connectivity index (χ3n) is 1.76. The largest absolute Gasteiger partial charge is 0.471 e. The maximum absolute atomic E-state index is 10.1. The topological polar surface area (TPSA) is 62.2 Å². The molecule has 0 spiro atoms. The molecule has 0 aliphatic carbocycles. The standard InChI is InChI=1S/C7H12N2.C2H7O4P/c1-3-4-9-6-5-8(2)7-9;1-5-7(3,4)6-2/h3,5-6H,1,4,7H2,2H3;1-2H3,(H,3,4). The number of nitrogens with zero attached hydrogens (tertiary/aromatic N) is 2. The first-order valence-corrected chi connectivity index (χ1v) is 6.12. The minimum absolute atomic E-state index is 0.945. The van der Waals surface area contributed by atoms with Crippen molar-refractivity contribution in [2.24, 2.45) is 0 Å². The SMILES string of the molecule is C=CCN1C=CN(C)C1.COP(=O)(O)OC. The van der Waals surface area contributed by atoms with Crippen LogP contribution in [0.5, 0.6) is 0 Å². The summed E-state index contributed by atoms with van der Waals surface area (Å²) in [6, 6.07) is 0. The first kappa shape index (κ1) is 15.2. The fourth-order valence-corrected chi connectivity index (χ4v) is 1.10. The van der Waals surface area contributed by atoms with Crippen LogP contribution in [0.4, 0.5) is 0 Å². The van der Waals surface area contributed by atoms with Gasteiger partial charge in [0.2, 0.25) is 0 Å². The van der Waals surface area contributed by atoms with Crippen LogP contribution in [0, 0.1) is 0 Å². The van der Waals surface area contributed by atoms with Crippen LogP contribution in [0.2, 0.25) is 0 Å². The first-order chi connectivity index (χ1) is 7.45. The lowest BCUT2D eigenvalue weighted by atomic mass is 10.6. The molecule has 0 atom stereocenters. The summed E-state index contributed by atoms with van der Waals surface area (Å²) in [6.07, 6.45) is 6.04. The maximum Gasteiger partial charge on any atom is 0.471 e. The zero-order chi connectivity index (χ0) is 12.6. The molecule has 7 heteroatoms. The van der Waals surface area contributed by atoms with E-state index in [0.717, 1.165) is 27.4 Å².